The highest BCUT2D eigenvalue weighted by Gasteiger charge is 1.99. The topological polar surface area (TPSA) is 47.0 Å². The highest BCUT2D eigenvalue weighted by atomic mass is 35.5. The molecular formula is C13H14ClN3O. The second kappa shape index (κ2) is 6.21. The first kappa shape index (κ1) is 12.6. The van der Waals surface area contributed by atoms with E-state index in [0.29, 0.717) is 24.2 Å². The molecule has 0 saturated carbocycles. The molecule has 0 radical (unpaired) electrons. The van der Waals surface area contributed by atoms with Crippen LogP contribution in [0.2, 0.25) is 5.15 Å². The Balaban J connectivity index is 1.99. The van der Waals surface area contributed by atoms with E-state index in [9.17, 15) is 0 Å². The lowest BCUT2D eigenvalue weighted by molar-refractivity contribution is 0.326. The molecular weight excluding hydrogens is 250 g/mol. The third kappa shape index (κ3) is 3.60. The Labute approximate surface area is 111 Å². The van der Waals surface area contributed by atoms with Crippen molar-refractivity contribution in [1.29, 1.82) is 0 Å². The van der Waals surface area contributed by atoms with E-state index in [0.717, 1.165) is 11.3 Å². The molecule has 0 fully saturated rings. The Morgan fingerprint density at radius 3 is 2.83 bits per heavy atom. The van der Waals surface area contributed by atoms with Crippen molar-refractivity contribution in [1.82, 2.24) is 9.97 Å². The molecule has 0 aliphatic rings. The maximum absolute atomic E-state index is 5.81. The summed E-state index contributed by atoms with van der Waals surface area (Å²) < 4.78 is 5.35. The fraction of sp³-hybridized carbons (Fsp3) is 0.231. The smallest absolute Gasteiger partial charge is 0.213 e. The average molecular weight is 264 g/mol. The molecule has 1 N–H and O–H groups in total. The predicted octanol–water partition coefficient (Wildman–Crippen LogP) is 3.14. The van der Waals surface area contributed by atoms with Gasteiger partial charge in [0, 0.05) is 30.7 Å². The fourth-order valence-corrected chi connectivity index (χ4v) is 1.68. The van der Waals surface area contributed by atoms with Crippen LogP contribution in [-0.2, 0) is 6.54 Å². The van der Waals surface area contributed by atoms with Gasteiger partial charge in [-0.1, -0.05) is 11.6 Å². The zero-order valence-electron chi connectivity index (χ0n) is 10.1. The van der Waals surface area contributed by atoms with Crippen LogP contribution in [0.25, 0.3) is 0 Å². The minimum atomic E-state index is 0.477. The second-order valence-electron chi connectivity index (χ2n) is 3.66. The SMILES string of the molecule is CCOc1cc(CNc2ccnc(Cl)c2)ccn1. The zero-order valence-corrected chi connectivity index (χ0v) is 10.8. The summed E-state index contributed by atoms with van der Waals surface area (Å²) in [6.07, 6.45) is 3.41. The van der Waals surface area contributed by atoms with Gasteiger partial charge in [-0.3, -0.25) is 0 Å². The van der Waals surface area contributed by atoms with Gasteiger partial charge in [-0.2, -0.15) is 0 Å². The van der Waals surface area contributed by atoms with Crippen LogP contribution in [0, 0.1) is 0 Å². The zero-order chi connectivity index (χ0) is 12.8. The summed E-state index contributed by atoms with van der Waals surface area (Å²) in [5.41, 5.74) is 2.03. The molecule has 2 rings (SSSR count). The van der Waals surface area contributed by atoms with E-state index in [-0.39, 0.29) is 0 Å². The van der Waals surface area contributed by atoms with E-state index >= 15 is 0 Å². The number of aromatic nitrogens is 2. The predicted molar refractivity (Wildman–Crippen MR) is 72.0 cm³/mol. The number of pyridine rings is 2. The molecule has 0 aromatic carbocycles. The van der Waals surface area contributed by atoms with Gasteiger partial charge in [-0.05, 0) is 30.7 Å². The summed E-state index contributed by atoms with van der Waals surface area (Å²) in [4.78, 5) is 8.05. The third-order valence-corrected chi connectivity index (χ3v) is 2.52. The number of nitrogens with one attached hydrogen (secondary N) is 1. The Morgan fingerprint density at radius 2 is 2.06 bits per heavy atom. The lowest BCUT2D eigenvalue weighted by Crippen LogP contribution is -2.01. The van der Waals surface area contributed by atoms with Crippen molar-refractivity contribution in [3.05, 3.63) is 47.4 Å². The average Bonchev–Trinajstić information content (AvgIpc) is 2.37. The molecule has 0 amide bonds. The normalized spacial score (nSPS) is 10.1. The number of rotatable bonds is 5. The van der Waals surface area contributed by atoms with E-state index in [2.05, 4.69) is 15.3 Å². The van der Waals surface area contributed by atoms with Gasteiger partial charge >= 0.3 is 0 Å². The molecule has 0 unspecified atom stereocenters. The number of halogens is 1. The van der Waals surface area contributed by atoms with Gasteiger partial charge in [0.05, 0.1) is 6.61 Å². The summed E-state index contributed by atoms with van der Waals surface area (Å²) in [5.74, 6) is 0.643. The van der Waals surface area contributed by atoms with Crippen LogP contribution >= 0.6 is 11.6 Å². The molecule has 4 nitrogen and oxygen atoms in total. The van der Waals surface area contributed by atoms with Gasteiger partial charge in [-0.25, -0.2) is 9.97 Å². The van der Waals surface area contributed by atoms with Crippen LogP contribution in [0.5, 0.6) is 5.88 Å². The van der Waals surface area contributed by atoms with Crippen molar-refractivity contribution < 1.29 is 4.74 Å². The molecule has 5 heteroatoms. The van der Waals surface area contributed by atoms with E-state index in [4.69, 9.17) is 16.3 Å². The van der Waals surface area contributed by atoms with Crippen LogP contribution in [0.1, 0.15) is 12.5 Å². The first-order valence-electron chi connectivity index (χ1n) is 5.71. The van der Waals surface area contributed by atoms with Crippen LogP contribution in [0.4, 0.5) is 5.69 Å². The lowest BCUT2D eigenvalue weighted by Gasteiger charge is -2.08. The molecule has 0 spiro atoms. The molecule has 18 heavy (non-hydrogen) atoms. The van der Waals surface area contributed by atoms with Crippen molar-refractivity contribution in [2.45, 2.75) is 13.5 Å². The van der Waals surface area contributed by atoms with E-state index in [1.807, 2.05) is 25.1 Å². The van der Waals surface area contributed by atoms with Gasteiger partial charge < -0.3 is 10.1 Å². The highest BCUT2D eigenvalue weighted by molar-refractivity contribution is 6.29. The van der Waals surface area contributed by atoms with Crippen LogP contribution in [0.15, 0.2) is 36.7 Å². The fourth-order valence-electron chi connectivity index (χ4n) is 1.50. The van der Waals surface area contributed by atoms with Crippen LogP contribution in [-0.4, -0.2) is 16.6 Å². The largest absolute Gasteiger partial charge is 0.478 e. The van der Waals surface area contributed by atoms with Gasteiger partial charge in [0.2, 0.25) is 5.88 Å². The summed E-state index contributed by atoms with van der Waals surface area (Å²) in [5, 5.41) is 3.74. The van der Waals surface area contributed by atoms with E-state index in [1.54, 1.807) is 18.5 Å². The van der Waals surface area contributed by atoms with Gasteiger partial charge in [0.1, 0.15) is 5.15 Å². The molecule has 0 saturated heterocycles. The van der Waals surface area contributed by atoms with E-state index < -0.39 is 0 Å². The Bertz CT molecular complexity index is 519. The molecule has 2 aromatic rings. The van der Waals surface area contributed by atoms with Crippen molar-refractivity contribution in [2.75, 3.05) is 11.9 Å². The van der Waals surface area contributed by atoms with Crippen molar-refractivity contribution in [3.8, 4) is 5.88 Å². The number of ether oxygens (including phenoxy) is 1. The highest BCUT2D eigenvalue weighted by Crippen LogP contribution is 2.14. The minimum absolute atomic E-state index is 0.477. The third-order valence-electron chi connectivity index (χ3n) is 2.31. The molecule has 2 aromatic heterocycles. The number of hydrogen-bond acceptors (Lipinski definition) is 4. The van der Waals surface area contributed by atoms with Gasteiger partial charge in [-0.15, -0.1) is 0 Å². The van der Waals surface area contributed by atoms with Crippen molar-refractivity contribution in [3.63, 3.8) is 0 Å². The molecule has 94 valence electrons. The summed E-state index contributed by atoms with van der Waals surface area (Å²) in [6.45, 7) is 3.23. The molecule has 0 aliphatic carbocycles. The monoisotopic (exact) mass is 263 g/mol. The van der Waals surface area contributed by atoms with E-state index in [1.165, 1.54) is 0 Å². The maximum atomic E-state index is 5.81. The summed E-state index contributed by atoms with van der Waals surface area (Å²) >= 11 is 5.81. The molecule has 0 bridgehead atoms. The summed E-state index contributed by atoms with van der Waals surface area (Å²) in [7, 11) is 0. The minimum Gasteiger partial charge on any atom is -0.478 e. The molecule has 2 heterocycles. The van der Waals surface area contributed by atoms with Crippen LogP contribution < -0.4 is 10.1 Å². The number of nitrogens with zero attached hydrogens (tertiary/aromatic N) is 2. The Hall–Kier alpha value is -1.81. The molecule has 0 aliphatic heterocycles. The summed E-state index contributed by atoms with van der Waals surface area (Å²) in [6, 6.07) is 7.51. The first-order valence-corrected chi connectivity index (χ1v) is 6.09. The first-order chi connectivity index (χ1) is 8.78. The van der Waals surface area contributed by atoms with Gasteiger partial charge in [0.25, 0.3) is 0 Å². The van der Waals surface area contributed by atoms with Gasteiger partial charge in [0.15, 0.2) is 0 Å². The molecule has 0 atom stereocenters. The Kier molecular flexibility index (Phi) is 4.36. The second-order valence-corrected chi connectivity index (χ2v) is 4.04. The number of anilines is 1. The standard InChI is InChI=1S/C13H14ClN3O/c1-2-18-13-7-10(3-5-16-13)9-17-11-4-6-15-12(14)8-11/h3-8H,2,9H2,1H3,(H,15,17). The van der Waals surface area contributed by atoms with Crippen molar-refractivity contribution >= 4 is 17.3 Å². The lowest BCUT2D eigenvalue weighted by atomic mass is 10.2. The number of hydrogen-bond donors (Lipinski definition) is 1. The quantitative estimate of drug-likeness (QED) is 0.842. The van der Waals surface area contributed by atoms with Crippen molar-refractivity contribution in [2.24, 2.45) is 0 Å². The van der Waals surface area contributed by atoms with Crippen LogP contribution in [0.3, 0.4) is 0 Å². The Morgan fingerprint density at radius 1 is 1.22 bits per heavy atom. The maximum Gasteiger partial charge on any atom is 0.213 e.